The SMILES string of the molecule is CCOc1ccc(C2CCC(C3CC4(CC(=O)C4(Cl)Cl)C3)CC2)c(F)c1F. The predicted molar refractivity (Wildman–Crippen MR) is 101 cm³/mol. The maximum Gasteiger partial charge on any atom is 0.200 e. The molecule has 3 aliphatic carbocycles. The molecule has 0 saturated heterocycles. The average Bonchev–Trinajstić information content (AvgIpc) is 2.62. The Balaban J connectivity index is 1.35. The van der Waals surface area contributed by atoms with Gasteiger partial charge in [-0.25, -0.2) is 4.39 Å². The smallest absolute Gasteiger partial charge is 0.200 e. The largest absolute Gasteiger partial charge is 0.491 e. The molecule has 0 N–H and O–H groups in total. The number of halogens is 4. The lowest BCUT2D eigenvalue weighted by atomic mass is 9.47. The summed E-state index contributed by atoms with van der Waals surface area (Å²) in [6.07, 6.45) is 6.01. The van der Waals surface area contributed by atoms with Crippen molar-refractivity contribution < 1.29 is 18.3 Å². The first-order valence-electron chi connectivity index (χ1n) is 9.81. The van der Waals surface area contributed by atoms with Gasteiger partial charge in [-0.15, -0.1) is 0 Å². The van der Waals surface area contributed by atoms with Gasteiger partial charge in [-0.3, -0.25) is 4.79 Å². The lowest BCUT2D eigenvalue weighted by Crippen LogP contribution is -2.64. The van der Waals surface area contributed by atoms with Crippen molar-refractivity contribution in [3.05, 3.63) is 29.3 Å². The van der Waals surface area contributed by atoms with Crippen LogP contribution in [0.4, 0.5) is 8.78 Å². The molecule has 1 aromatic rings. The summed E-state index contributed by atoms with van der Waals surface area (Å²) in [4.78, 5) is 11.6. The quantitative estimate of drug-likeness (QED) is 0.547. The van der Waals surface area contributed by atoms with E-state index in [-0.39, 0.29) is 22.9 Å². The van der Waals surface area contributed by atoms with Crippen LogP contribution in [-0.2, 0) is 4.79 Å². The maximum absolute atomic E-state index is 14.5. The van der Waals surface area contributed by atoms with Crippen LogP contribution < -0.4 is 4.74 Å². The third kappa shape index (κ3) is 2.98. The summed E-state index contributed by atoms with van der Waals surface area (Å²) in [5.41, 5.74) is 0.253. The van der Waals surface area contributed by atoms with E-state index in [2.05, 4.69) is 0 Å². The van der Waals surface area contributed by atoms with Crippen molar-refractivity contribution >= 4 is 29.0 Å². The van der Waals surface area contributed by atoms with Crippen LogP contribution in [0.3, 0.4) is 0 Å². The van der Waals surface area contributed by atoms with E-state index in [9.17, 15) is 13.6 Å². The number of hydrogen-bond donors (Lipinski definition) is 0. The van der Waals surface area contributed by atoms with E-state index in [1.165, 1.54) is 6.07 Å². The van der Waals surface area contributed by atoms with Gasteiger partial charge in [0.05, 0.1) is 6.61 Å². The normalized spacial score (nSPS) is 34.9. The van der Waals surface area contributed by atoms with E-state index in [0.717, 1.165) is 38.5 Å². The van der Waals surface area contributed by atoms with Gasteiger partial charge in [-0.1, -0.05) is 29.3 Å². The zero-order valence-corrected chi connectivity index (χ0v) is 16.9. The van der Waals surface area contributed by atoms with Crippen molar-refractivity contribution in [1.29, 1.82) is 0 Å². The second-order valence-corrected chi connectivity index (χ2v) is 9.78. The number of rotatable bonds is 4. The third-order valence-corrected chi connectivity index (χ3v) is 8.30. The molecule has 0 atom stereocenters. The fourth-order valence-corrected chi connectivity index (χ4v) is 6.00. The van der Waals surface area contributed by atoms with Crippen LogP contribution in [0.5, 0.6) is 5.75 Å². The van der Waals surface area contributed by atoms with Gasteiger partial charge in [-0.05, 0) is 74.8 Å². The molecule has 0 radical (unpaired) electrons. The molecule has 3 saturated carbocycles. The van der Waals surface area contributed by atoms with Crippen molar-refractivity contribution in [1.82, 2.24) is 0 Å². The highest BCUT2D eigenvalue weighted by atomic mass is 35.5. The van der Waals surface area contributed by atoms with Crippen LogP contribution in [0.15, 0.2) is 12.1 Å². The van der Waals surface area contributed by atoms with Gasteiger partial charge < -0.3 is 4.74 Å². The summed E-state index contributed by atoms with van der Waals surface area (Å²) >= 11 is 12.4. The Morgan fingerprint density at radius 2 is 1.74 bits per heavy atom. The molecule has 0 bridgehead atoms. The van der Waals surface area contributed by atoms with Crippen molar-refractivity contribution in [3.63, 3.8) is 0 Å². The molecule has 0 aromatic heterocycles. The molecular weight excluding hydrogens is 393 g/mol. The number of ether oxygens (including phenoxy) is 1. The average molecular weight is 417 g/mol. The zero-order valence-electron chi connectivity index (χ0n) is 15.4. The van der Waals surface area contributed by atoms with Gasteiger partial charge in [0.15, 0.2) is 21.7 Å². The van der Waals surface area contributed by atoms with Gasteiger partial charge in [0.1, 0.15) is 0 Å². The van der Waals surface area contributed by atoms with Crippen molar-refractivity contribution in [2.24, 2.45) is 17.3 Å². The number of alkyl halides is 2. The van der Waals surface area contributed by atoms with Crippen LogP contribution in [0.1, 0.15) is 63.4 Å². The Labute approximate surface area is 168 Å². The fraction of sp³-hybridized carbons (Fsp3) is 0.667. The molecule has 0 heterocycles. The zero-order chi connectivity index (χ0) is 19.4. The van der Waals surface area contributed by atoms with Crippen LogP contribution in [0, 0.1) is 28.9 Å². The van der Waals surface area contributed by atoms with Gasteiger partial charge in [0, 0.05) is 11.8 Å². The number of Topliss-reactive ketones (excluding diaryl/α,β-unsaturated/α-hetero) is 1. The van der Waals surface area contributed by atoms with Gasteiger partial charge >= 0.3 is 0 Å². The molecule has 2 nitrogen and oxygen atoms in total. The maximum atomic E-state index is 14.5. The molecule has 1 spiro atoms. The highest BCUT2D eigenvalue weighted by Gasteiger charge is 2.69. The summed E-state index contributed by atoms with van der Waals surface area (Å²) in [6.45, 7) is 2.05. The summed E-state index contributed by atoms with van der Waals surface area (Å²) in [6, 6.07) is 3.20. The van der Waals surface area contributed by atoms with Crippen LogP contribution in [0.25, 0.3) is 0 Å². The Kier molecular flexibility index (Phi) is 4.95. The summed E-state index contributed by atoms with van der Waals surface area (Å²) < 4.78 is 32.6. The Morgan fingerprint density at radius 3 is 2.30 bits per heavy atom. The van der Waals surface area contributed by atoms with E-state index >= 15 is 0 Å². The van der Waals surface area contributed by atoms with E-state index in [4.69, 9.17) is 27.9 Å². The van der Waals surface area contributed by atoms with Gasteiger partial charge in [-0.2, -0.15) is 4.39 Å². The molecule has 3 fully saturated rings. The second-order valence-electron chi connectivity index (χ2n) is 8.45. The molecule has 1 aromatic carbocycles. The molecule has 0 unspecified atom stereocenters. The number of carbonyl (C=O) groups is 1. The highest BCUT2D eigenvalue weighted by Crippen LogP contribution is 2.69. The third-order valence-electron chi connectivity index (χ3n) is 7.08. The topological polar surface area (TPSA) is 26.3 Å². The van der Waals surface area contributed by atoms with Crippen LogP contribution in [-0.4, -0.2) is 16.7 Å². The summed E-state index contributed by atoms with van der Waals surface area (Å²) in [5, 5.41) is 0. The number of benzene rings is 1. The van der Waals surface area contributed by atoms with Crippen LogP contribution in [0.2, 0.25) is 0 Å². The number of hydrogen-bond acceptors (Lipinski definition) is 2. The Bertz CT molecular complexity index is 751. The van der Waals surface area contributed by atoms with Gasteiger partial charge in [0.25, 0.3) is 0 Å². The molecular formula is C21H24Cl2F2O2. The molecule has 4 rings (SSSR count). The lowest BCUT2D eigenvalue weighted by molar-refractivity contribution is -0.147. The molecule has 27 heavy (non-hydrogen) atoms. The van der Waals surface area contributed by atoms with Crippen molar-refractivity contribution in [3.8, 4) is 5.75 Å². The Morgan fingerprint density at radius 1 is 1.07 bits per heavy atom. The van der Waals surface area contributed by atoms with E-state index in [1.807, 2.05) is 0 Å². The summed E-state index contributed by atoms with van der Waals surface area (Å²) in [7, 11) is 0. The second kappa shape index (κ2) is 6.88. The molecule has 148 valence electrons. The molecule has 0 aliphatic heterocycles. The predicted octanol–water partition coefficient (Wildman–Crippen LogP) is 6.18. The molecule has 6 heteroatoms. The molecule has 0 amide bonds. The van der Waals surface area contributed by atoms with Crippen molar-refractivity contribution in [2.45, 2.75) is 62.1 Å². The van der Waals surface area contributed by atoms with Gasteiger partial charge in [0.2, 0.25) is 5.82 Å². The standard InChI is InChI=1S/C21H24Cl2F2O2/c1-2-27-16-8-7-15(18(24)19(16)25)13-5-3-12(4-6-13)14-9-20(10-14)11-17(26)21(20,22)23/h7-8,12-14H,2-6,9-11H2,1H3. The highest BCUT2D eigenvalue weighted by molar-refractivity contribution is 6.61. The first kappa shape index (κ1) is 19.4. The van der Waals surface area contributed by atoms with E-state index in [1.54, 1.807) is 13.0 Å². The number of carbonyl (C=O) groups excluding carboxylic acids is 1. The monoisotopic (exact) mass is 416 g/mol. The Hall–Kier alpha value is -0.870. The van der Waals surface area contributed by atoms with E-state index < -0.39 is 16.0 Å². The first-order valence-corrected chi connectivity index (χ1v) is 10.6. The number of ketones is 1. The minimum atomic E-state index is -1.19. The minimum absolute atomic E-state index is 0.0205. The summed E-state index contributed by atoms with van der Waals surface area (Å²) in [5.74, 6) is -0.582. The lowest BCUT2D eigenvalue weighted by Gasteiger charge is -2.61. The first-order chi connectivity index (χ1) is 12.8. The molecule has 3 aliphatic rings. The minimum Gasteiger partial charge on any atom is -0.491 e. The van der Waals surface area contributed by atoms with E-state index in [0.29, 0.717) is 30.4 Å². The van der Waals surface area contributed by atoms with Crippen LogP contribution >= 0.6 is 23.2 Å². The fourth-order valence-electron chi connectivity index (χ4n) is 5.43. The van der Waals surface area contributed by atoms with Crippen molar-refractivity contribution in [2.75, 3.05) is 6.61 Å².